The Kier molecular flexibility index (Phi) is 10.6. The first-order valence-corrected chi connectivity index (χ1v) is 23.6. The normalized spacial score (nSPS) is 22.7. The average Bonchev–Trinajstić information content (AvgIpc) is 3.98. The molecule has 1 aliphatic heterocycles. The van der Waals surface area contributed by atoms with Crippen LogP contribution in [0.5, 0.6) is 11.6 Å². The summed E-state index contributed by atoms with van der Waals surface area (Å²) in [5, 5.41) is 7.07. The van der Waals surface area contributed by atoms with Gasteiger partial charge in [-0.2, -0.15) is 4.98 Å². The first-order valence-electron chi connectivity index (χ1n) is 21.2. The summed E-state index contributed by atoms with van der Waals surface area (Å²) in [7, 11) is -3.91. The molecule has 2 saturated carbocycles. The summed E-state index contributed by atoms with van der Waals surface area (Å²) in [6.45, 7) is 13.6. The predicted molar refractivity (Wildman–Crippen MR) is 235 cm³/mol. The quantitative estimate of drug-likeness (QED) is 0.105. The van der Waals surface area contributed by atoms with E-state index >= 15 is 4.79 Å². The number of hydrogen-bond donors (Lipinski definition) is 3. The van der Waals surface area contributed by atoms with Crippen LogP contribution in [0.15, 0.2) is 65.6 Å². The van der Waals surface area contributed by atoms with Gasteiger partial charge in [0.25, 0.3) is 11.8 Å². The second kappa shape index (κ2) is 15.7. The van der Waals surface area contributed by atoms with Crippen molar-refractivity contribution in [2.45, 2.75) is 115 Å². The van der Waals surface area contributed by atoms with E-state index in [0.29, 0.717) is 51.8 Å². The minimum absolute atomic E-state index is 0.00383. The maximum atomic E-state index is 15.0. The van der Waals surface area contributed by atoms with Crippen molar-refractivity contribution in [1.82, 2.24) is 29.9 Å². The molecule has 3 fully saturated rings. The number of benzene rings is 2. The molecule has 0 radical (unpaired) electrons. The van der Waals surface area contributed by atoms with Gasteiger partial charge in [0.2, 0.25) is 27.4 Å². The zero-order valence-corrected chi connectivity index (χ0v) is 37.0. The molecular formula is C45H51N7O8S2. The highest BCUT2D eigenvalue weighted by atomic mass is 32.2. The Balaban J connectivity index is 1.06. The molecular weight excluding hydrogens is 831 g/mol. The van der Waals surface area contributed by atoms with Crippen LogP contribution in [0.25, 0.3) is 33.5 Å². The third-order valence-electron chi connectivity index (χ3n) is 12.0. The van der Waals surface area contributed by atoms with Crippen LogP contribution in [0.4, 0.5) is 5.13 Å². The molecule has 4 aliphatic rings. The number of ether oxygens (including phenoxy) is 2. The lowest BCUT2D eigenvalue weighted by Crippen LogP contribution is -2.58. The number of sulfonamides is 1. The molecule has 3 amide bonds. The van der Waals surface area contributed by atoms with Crippen molar-refractivity contribution >= 4 is 66.3 Å². The molecule has 326 valence electrons. The van der Waals surface area contributed by atoms with Gasteiger partial charge in [-0.05, 0) is 94.2 Å². The number of fused-ring (bicyclic) bond motifs is 4. The van der Waals surface area contributed by atoms with Crippen LogP contribution >= 0.6 is 11.3 Å². The largest absolute Gasteiger partial charge is 0.491 e. The molecule has 0 unspecified atom stereocenters. The lowest BCUT2D eigenvalue weighted by Gasteiger charge is -2.35. The van der Waals surface area contributed by atoms with Crippen LogP contribution < -0.4 is 24.8 Å². The molecule has 4 heterocycles. The first-order chi connectivity index (χ1) is 29.5. The van der Waals surface area contributed by atoms with Crippen molar-refractivity contribution in [2.24, 2.45) is 11.3 Å². The number of para-hydroxylation sites is 1. The minimum Gasteiger partial charge on any atom is -0.491 e. The number of amides is 3. The van der Waals surface area contributed by atoms with Crippen molar-refractivity contribution in [2.75, 3.05) is 11.9 Å². The number of nitrogens with one attached hydrogen (secondary N) is 3. The highest BCUT2D eigenvalue weighted by molar-refractivity contribution is 7.91. The third-order valence-corrected chi connectivity index (χ3v) is 14.9. The second-order valence-corrected chi connectivity index (χ2v) is 21.2. The summed E-state index contributed by atoms with van der Waals surface area (Å²) in [6.07, 6.45) is 4.77. The van der Waals surface area contributed by atoms with Crippen LogP contribution in [0, 0.1) is 11.3 Å². The number of aromatic nitrogens is 3. The molecule has 2 aromatic carbocycles. The molecule has 5 atom stereocenters. The minimum atomic E-state index is -3.91. The van der Waals surface area contributed by atoms with Gasteiger partial charge in [-0.15, -0.1) is 17.9 Å². The lowest BCUT2D eigenvalue weighted by atomic mass is 9.85. The standard InChI is InChI=1S/C45H51N7O8S2/c1-7-26-22-45(26,42(55)51-62(56,57)29-19-20-29)50-39(53)32-21-28(23-52(32)41(54)37(44(4,5)6)48-43-46-31-12-10-14-34(31)61-43)59-40-36-35(30-11-8-9-13-33(30)60-36)47-38(49-40)25-15-17-27(18-16-25)58-24(2)3/h7-9,11,13,15-18,24,26,28-29,32,37H,1,10,12,14,19-23H2,2-6H3,(H,46,48)(H,50,53)(H,51,55)/t26-,28-,32+,37-,45-/m1/s1. The van der Waals surface area contributed by atoms with E-state index < -0.39 is 62.1 Å². The second-order valence-electron chi connectivity index (χ2n) is 18.2. The Labute approximate surface area is 364 Å². The molecule has 62 heavy (non-hydrogen) atoms. The Bertz CT molecular complexity index is 2680. The van der Waals surface area contributed by atoms with E-state index in [4.69, 9.17) is 28.8 Å². The van der Waals surface area contributed by atoms with E-state index in [9.17, 15) is 18.0 Å². The number of anilines is 1. The fraction of sp³-hybridized carbons (Fsp3) is 0.467. The number of nitrogens with zero attached hydrogens (tertiary/aromatic N) is 4. The van der Waals surface area contributed by atoms with Gasteiger partial charge in [-0.25, -0.2) is 18.4 Å². The number of aryl methyl sites for hydroxylation is 2. The van der Waals surface area contributed by atoms with Crippen LogP contribution in [0.2, 0.25) is 0 Å². The highest BCUT2D eigenvalue weighted by Crippen LogP contribution is 2.46. The Morgan fingerprint density at radius 1 is 1.05 bits per heavy atom. The topological polar surface area (TPSA) is 195 Å². The predicted octanol–water partition coefficient (Wildman–Crippen LogP) is 6.32. The summed E-state index contributed by atoms with van der Waals surface area (Å²) in [5.41, 5.74) is 1.00. The molecule has 0 bridgehead atoms. The SMILES string of the molecule is C=C[C@@H]1C[C@]1(NC(=O)[C@@H]1C[C@@H](Oc2nc(-c3ccc(OC(C)C)cc3)nc3c2oc2ccccc23)CN1C(=O)[C@@H](Nc1nc2c(s1)CCC2)C(C)(C)C)C(=O)NS(=O)(=O)C1CC1. The molecule has 3 aliphatic carbocycles. The van der Waals surface area contributed by atoms with Gasteiger partial charge in [0.05, 0.1) is 23.6 Å². The van der Waals surface area contributed by atoms with Gasteiger partial charge in [0.15, 0.2) is 11.0 Å². The molecule has 17 heteroatoms. The molecule has 1 saturated heterocycles. The summed E-state index contributed by atoms with van der Waals surface area (Å²) < 4.78 is 46.9. The fourth-order valence-corrected chi connectivity index (χ4v) is 10.9. The summed E-state index contributed by atoms with van der Waals surface area (Å²) in [4.78, 5) is 60.7. The Hall–Kier alpha value is -5.55. The van der Waals surface area contributed by atoms with Crippen LogP contribution in [0.1, 0.15) is 77.3 Å². The molecule has 3 aromatic heterocycles. The Morgan fingerprint density at radius 2 is 1.81 bits per heavy atom. The number of carbonyl (C=O) groups excluding carboxylic acids is 3. The number of hydrogen-bond acceptors (Lipinski definition) is 13. The summed E-state index contributed by atoms with van der Waals surface area (Å²) in [6, 6.07) is 13.0. The highest BCUT2D eigenvalue weighted by Gasteiger charge is 2.62. The summed E-state index contributed by atoms with van der Waals surface area (Å²) >= 11 is 1.54. The van der Waals surface area contributed by atoms with E-state index in [1.165, 1.54) is 15.9 Å². The average molecular weight is 882 g/mol. The maximum Gasteiger partial charge on any atom is 0.262 e. The number of furan rings is 1. The van der Waals surface area contributed by atoms with E-state index in [1.807, 2.05) is 83.1 Å². The summed E-state index contributed by atoms with van der Waals surface area (Å²) in [5.74, 6) is -1.09. The molecule has 5 aromatic rings. The first kappa shape index (κ1) is 41.8. The van der Waals surface area contributed by atoms with Gasteiger partial charge >= 0.3 is 0 Å². The van der Waals surface area contributed by atoms with Gasteiger partial charge in [-0.1, -0.05) is 39.0 Å². The lowest BCUT2D eigenvalue weighted by molar-refractivity contribution is -0.141. The Morgan fingerprint density at radius 3 is 2.48 bits per heavy atom. The number of likely N-dealkylation sites (tertiary alicyclic amines) is 1. The van der Waals surface area contributed by atoms with E-state index in [-0.39, 0.29) is 37.3 Å². The van der Waals surface area contributed by atoms with Crippen molar-refractivity contribution in [1.29, 1.82) is 0 Å². The zero-order valence-electron chi connectivity index (χ0n) is 35.4. The number of rotatable bonds is 14. The van der Waals surface area contributed by atoms with E-state index in [0.717, 1.165) is 30.3 Å². The van der Waals surface area contributed by atoms with Gasteiger partial charge < -0.3 is 29.4 Å². The number of carbonyl (C=O) groups is 3. The van der Waals surface area contributed by atoms with Crippen molar-refractivity contribution in [3.8, 4) is 23.0 Å². The number of thiazole rings is 1. The van der Waals surface area contributed by atoms with Crippen LogP contribution in [-0.4, -0.2) is 87.6 Å². The van der Waals surface area contributed by atoms with Crippen molar-refractivity contribution < 1.29 is 36.7 Å². The van der Waals surface area contributed by atoms with E-state index in [2.05, 4.69) is 21.9 Å². The molecule has 3 N–H and O–H groups in total. The third kappa shape index (κ3) is 8.00. The van der Waals surface area contributed by atoms with E-state index in [1.54, 1.807) is 11.3 Å². The van der Waals surface area contributed by atoms with Gasteiger partial charge in [-0.3, -0.25) is 19.1 Å². The van der Waals surface area contributed by atoms with Crippen molar-refractivity contribution in [3.63, 3.8) is 0 Å². The van der Waals surface area contributed by atoms with Gasteiger partial charge in [0, 0.05) is 28.2 Å². The molecule has 0 spiro atoms. The fourth-order valence-electron chi connectivity index (χ4n) is 8.47. The van der Waals surface area contributed by atoms with Crippen LogP contribution in [0.3, 0.4) is 0 Å². The molecule has 9 rings (SSSR count). The monoisotopic (exact) mass is 881 g/mol. The van der Waals surface area contributed by atoms with Gasteiger partial charge in [0.1, 0.15) is 40.6 Å². The van der Waals surface area contributed by atoms with Crippen LogP contribution in [-0.2, 0) is 37.2 Å². The smallest absolute Gasteiger partial charge is 0.262 e. The molecule has 15 nitrogen and oxygen atoms in total. The zero-order chi connectivity index (χ0) is 43.7. The van der Waals surface area contributed by atoms with Crippen molar-refractivity contribution in [3.05, 3.63) is 71.8 Å². The maximum absolute atomic E-state index is 15.0.